The van der Waals surface area contributed by atoms with Gasteiger partial charge in [-0.3, -0.25) is 0 Å². The van der Waals surface area contributed by atoms with Gasteiger partial charge < -0.3 is 10.1 Å². The quantitative estimate of drug-likeness (QED) is 0.816. The van der Waals surface area contributed by atoms with E-state index in [0.29, 0.717) is 6.04 Å². The van der Waals surface area contributed by atoms with Crippen molar-refractivity contribution >= 4 is 0 Å². The van der Waals surface area contributed by atoms with Crippen molar-refractivity contribution in [3.8, 4) is 5.75 Å². The number of methoxy groups -OCH3 is 1. The third-order valence-electron chi connectivity index (χ3n) is 3.17. The van der Waals surface area contributed by atoms with Crippen molar-refractivity contribution in [1.82, 2.24) is 5.32 Å². The molecule has 0 aliphatic carbocycles. The summed E-state index contributed by atoms with van der Waals surface area (Å²) in [6, 6.07) is 8.95. The zero-order chi connectivity index (χ0) is 12.9. The van der Waals surface area contributed by atoms with Crippen LogP contribution in [0.1, 0.15) is 39.7 Å². The smallest absolute Gasteiger partial charge is 0.118 e. The van der Waals surface area contributed by atoms with Crippen molar-refractivity contribution in [3.05, 3.63) is 29.8 Å². The number of hydrogen-bond acceptors (Lipinski definition) is 2. The standard InChI is InChI=1S/C15H25NO/c1-12(2)16-11-10-15(3,4)13-6-8-14(17-5)9-7-13/h6-9,12,16H,10-11H2,1-5H3. The van der Waals surface area contributed by atoms with Crippen LogP contribution in [-0.2, 0) is 5.41 Å². The third-order valence-corrected chi connectivity index (χ3v) is 3.17. The van der Waals surface area contributed by atoms with E-state index in [1.54, 1.807) is 7.11 Å². The molecular weight excluding hydrogens is 210 g/mol. The van der Waals surface area contributed by atoms with Crippen molar-refractivity contribution < 1.29 is 4.74 Å². The van der Waals surface area contributed by atoms with Gasteiger partial charge in [0, 0.05) is 6.04 Å². The topological polar surface area (TPSA) is 21.3 Å². The number of rotatable bonds is 6. The molecule has 1 N–H and O–H groups in total. The maximum atomic E-state index is 5.18. The first kappa shape index (κ1) is 14.0. The maximum Gasteiger partial charge on any atom is 0.118 e. The summed E-state index contributed by atoms with van der Waals surface area (Å²) < 4.78 is 5.18. The van der Waals surface area contributed by atoms with Gasteiger partial charge in [0.2, 0.25) is 0 Å². The molecule has 1 aromatic carbocycles. The second-order valence-electron chi connectivity index (χ2n) is 5.47. The highest BCUT2D eigenvalue weighted by Crippen LogP contribution is 2.28. The molecule has 0 aromatic heterocycles. The van der Waals surface area contributed by atoms with Gasteiger partial charge in [-0.15, -0.1) is 0 Å². The molecule has 0 aliphatic heterocycles. The molecule has 0 aliphatic rings. The Bertz CT molecular complexity index is 327. The number of benzene rings is 1. The average Bonchev–Trinajstić information content (AvgIpc) is 2.28. The minimum atomic E-state index is 0.203. The Hall–Kier alpha value is -1.02. The predicted molar refractivity (Wildman–Crippen MR) is 73.8 cm³/mol. The Morgan fingerprint density at radius 2 is 1.76 bits per heavy atom. The SMILES string of the molecule is COc1ccc(C(C)(C)CCNC(C)C)cc1. The van der Waals surface area contributed by atoms with Gasteiger partial charge in [0.15, 0.2) is 0 Å². The first-order valence-electron chi connectivity index (χ1n) is 6.33. The van der Waals surface area contributed by atoms with Gasteiger partial charge >= 0.3 is 0 Å². The lowest BCUT2D eigenvalue weighted by atomic mass is 9.81. The molecule has 0 radical (unpaired) electrons. The van der Waals surface area contributed by atoms with Gasteiger partial charge in [-0.05, 0) is 36.1 Å². The first-order valence-corrected chi connectivity index (χ1v) is 6.33. The maximum absolute atomic E-state index is 5.18. The summed E-state index contributed by atoms with van der Waals surface area (Å²) >= 11 is 0. The molecule has 0 amide bonds. The van der Waals surface area contributed by atoms with Crippen LogP contribution in [0.3, 0.4) is 0 Å². The van der Waals surface area contributed by atoms with Crippen molar-refractivity contribution in [1.29, 1.82) is 0 Å². The van der Waals surface area contributed by atoms with E-state index >= 15 is 0 Å². The Morgan fingerprint density at radius 1 is 1.18 bits per heavy atom. The van der Waals surface area contributed by atoms with E-state index in [2.05, 4.69) is 45.1 Å². The molecule has 17 heavy (non-hydrogen) atoms. The molecular formula is C15H25NO. The molecule has 0 atom stereocenters. The fourth-order valence-electron chi connectivity index (χ4n) is 1.86. The van der Waals surface area contributed by atoms with Crippen molar-refractivity contribution in [2.45, 2.75) is 45.6 Å². The second kappa shape index (κ2) is 6.06. The molecule has 2 heteroatoms. The van der Waals surface area contributed by atoms with E-state index in [1.807, 2.05) is 12.1 Å². The van der Waals surface area contributed by atoms with Gasteiger partial charge in [-0.1, -0.05) is 39.8 Å². The van der Waals surface area contributed by atoms with Crippen LogP contribution in [0, 0.1) is 0 Å². The molecule has 1 rings (SSSR count). The van der Waals surface area contributed by atoms with Crippen LogP contribution in [0.5, 0.6) is 5.75 Å². The highest BCUT2D eigenvalue weighted by molar-refractivity contribution is 5.31. The lowest BCUT2D eigenvalue weighted by Crippen LogP contribution is -2.29. The fourth-order valence-corrected chi connectivity index (χ4v) is 1.86. The lowest BCUT2D eigenvalue weighted by molar-refractivity contribution is 0.412. The van der Waals surface area contributed by atoms with Crippen molar-refractivity contribution in [2.75, 3.05) is 13.7 Å². The van der Waals surface area contributed by atoms with Gasteiger partial charge in [0.05, 0.1) is 7.11 Å². The Morgan fingerprint density at radius 3 is 2.24 bits per heavy atom. The summed E-state index contributed by atoms with van der Waals surface area (Å²) in [7, 11) is 1.70. The zero-order valence-corrected chi connectivity index (χ0v) is 11.7. The van der Waals surface area contributed by atoms with Crippen LogP contribution in [-0.4, -0.2) is 19.7 Å². The Kier molecular flexibility index (Phi) is 5.01. The van der Waals surface area contributed by atoms with Crippen LogP contribution in [0.15, 0.2) is 24.3 Å². The summed E-state index contributed by atoms with van der Waals surface area (Å²) in [5.41, 5.74) is 1.57. The van der Waals surface area contributed by atoms with Crippen LogP contribution in [0.2, 0.25) is 0 Å². The van der Waals surface area contributed by atoms with Crippen LogP contribution < -0.4 is 10.1 Å². The molecule has 2 nitrogen and oxygen atoms in total. The molecule has 0 saturated carbocycles. The van der Waals surface area contributed by atoms with Gasteiger partial charge in [0.25, 0.3) is 0 Å². The minimum absolute atomic E-state index is 0.203. The van der Waals surface area contributed by atoms with E-state index in [-0.39, 0.29) is 5.41 Å². The molecule has 0 saturated heterocycles. The largest absolute Gasteiger partial charge is 0.497 e. The van der Waals surface area contributed by atoms with E-state index < -0.39 is 0 Å². The van der Waals surface area contributed by atoms with Crippen molar-refractivity contribution in [3.63, 3.8) is 0 Å². The number of hydrogen-bond donors (Lipinski definition) is 1. The number of nitrogens with one attached hydrogen (secondary N) is 1. The summed E-state index contributed by atoms with van der Waals surface area (Å²) in [6.07, 6.45) is 1.14. The molecule has 0 spiro atoms. The van der Waals surface area contributed by atoms with E-state index in [9.17, 15) is 0 Å². The summed E-state index contributed by atoms with van der Waals surface area (Å²) in [4.78, 5) is 0. The third kappa shape index (κ3) is 4.39. The summed E-state index contributed by atoms with van der Waals surface area (Å²) in [6.45, 7) is 9.99. The molecule has 96 valence electrons. The van der Waals surface area contributed by atoms with Crippen LogP contribution in [0.4, 0.5) is 0 Å². The summed E-state index contributed by atoms with van der Waals surface area (Å²) in [5.74, 6) is 0.921. The Labute approximate surface area is 105 Å². The monoisotopic (exact) mass is 235 g/mol. The normalized spacial score (nSPS) is 11.9. The van der Waals surface area contributed by atoms with E-state index in [1.165, 1.54) is 5.56 Å². The van der Waals surface area contributed by atoms with E-state index in [0.717, 1.165) is 18.7 Å². The highest BCUT2D eigenvalue weighted by atomic mass is 16.5. The molecule has 0 unspecified atom stereocenters. The van der Waals surface area contributed by atoms with E-state index in [4.69, 9.17) is 4.74 Å². The molecule has 0 bridgehead atoms. The highest BCUT2D eigenvalue weighted by Gasteiger charge is 2.19. The first-order chi connectivity index (χ1) is 7.95. The van der Waals surface area contributed by atoms with Gasteiger partial charge in [-0.25, -0.2) is 0 Å². The predicted octanol–water partition coefficient (Wildman–Crippen LogP) is 3.36. The average molecular weight is 235 g/mol. The fraction of sp³-hybridized carbons (Fsp3) is 0.600. The Balaban J connectivity index is 2.61. The second-order valence-corrected chi connectivity index (χ2v) is 5.47. The minimum Gasteiger partial charge on any atom is -0.497 e. The van der Waals surface area contributed by atoms with Crippen molar-refractivity contribution in [2.24, 2.45) is 0 Å². The lowest BCUT2D eigenvalue weighted by Gasteiger charge is -2.26. The molecule has 0 fully saturated rings. The zero-order valence-electron chi connectivity index (χ0n) is 11.7. The van der Waals surface area contributed by atoms with Crippen LogP contribution in [0.25, 0.3) is 0 Å². The molecule has 0 heterocycles. The number of ether oxygens (including phenoxy) is 1. The van der Waals surface area contributed by atoms with Gasteiger partial charge in [-0.2, -0.15) is 0 Å². The molecule has 1 aromatic rings. The van der Waals surface area contributed by atoms with Crippen LogP contribution >= 0.6 is 0 Å². The van der Waals surface area contributed by atoms with Gasteiger partial charge in [0.1, 0.15) is 5.75 Å². The summed E-state index contributed by atoms with van der Waals surface area (Å²) in [5, 5.41) is 3.47.